The number of aliphatic hydroxyl groups excluding tert-OH is 1. The number of aryl methyl sites for hydroxylation is 1. The molecule has 16 heavy (non-hydrogen) atoms. The van der Waals surface area contributed by atoms with E-state index in [1.54, 1.807) is 7.05 Å². The summed E-state index contributed by atoms with van der Waals surface area (Å²) in [7, 11) is 1.58. The van der Waals surface area contributed by atoms with Gasteiger partial charge < -0.3 is 10.4 Å². The second-order valence-corrected chi connectivity index (χ2v) is 3.45. The van der Waals surface area contributed by atoms with Crippen molar-refractivity contribution in [1.29, 1.82) is 0 Å². The van der Waals surface area contributed by atoms with Gasteiger partial charge in [0.15, 0.2) is 0 Å². The van der Waals surface area contributed by atoms with Gasteiger partial charge in [-0.15, -0.1) is 0 Å². The fourth-order valence-electron chi connectivity index (χ4n) is 1.47. The molecule has 0 radical (unpaired) electrons. The van der Waals surface area contributed by atoms with Gasteiger partial charge in [0, 0.05) is 19.3 Å². The summed E-state index contributed by atoms with van der Waals surface area (Å²) in [6.07, 6.45) is -3.22. The molecule has 1 aromatic rings. The maximum Gasteiger partial charge on any atom is 0.416 e. The quantitative estimate of drug-likeness (QED) is 0.838. The van der Waals surface area contributed by atoms with Crippen LogP contribution < -0.4 is 5.32 Å². The number of rotatable bonds is 4. The minimum atomic E-state index is -4.32. The maximum atomic E-state index is 12.4. The van der Waals surface area contributed by atoms with Crippen LogP contribution in [0.3, 0.4) is 0 Å². The maximum absolute atomic E-state index is 12.4. The van der Waals surface area contributed by atoms with Gasteiger partial charge in [-0.05, 0) is 30.5 Å². The number of hydrogen-bond acceptors (Lipinski definition) is 2. The molecular formula is C11H14F3NO. The molecule has 1 aromatic carbocycles. The Bertz CT molecular complexity index is 350. The molecule has 1 rings (SSSR count). The Morgan fingerprint density at radius 3 is 2.50 bits per heavy atom. The number of anilines is 1. The van der Waals surface area contributed by atoms with E-state index in [0.717, 1.165) is 17.7 Å². The molecule has 0 amide bonds. The normalized spacial score (nSPS) is 11.6. The Kier molecular flexibility index (Phi) is 4.18. The van der Waals surface area contributed by atoms with Gasteiger partial charge in [0.2, 0.25) is 0 Å². The lowest BCUT2D eigenvalue weighted by Crippen LogP contribution is -2.07. The van der Waals surface area contributed by atoms with E-state index in [9.17, 15) is 13.2 Å². The third-order valence-corrected chi connectivity index (χ3v) is 2.31. The van der Waals surface area contributed by atoms with Crippen molar-refractivity contribution in [3.8, 4) is 0 Å². The van der Waals surface area contributed by atoms with E-state index < -0.39 is 11.7 Å². The molecule has 0 fully saturated rings. The summed E-state index contributed by atoms with van der Waals surface area (Å²) in [5.41, 5.74) is 0.581. The number of benzene rings is 1. The first-order chi connectivity index (χ1) is 7.49. The topological polar surface area (TPSA) is 32.3 Å². The fraction of sp³-hybridized carbons (Fsp3) is 0.455. The third-order valence-electron chi connectivity index (χ3n) is 2.31. The second kappa shape index (κ2) is 5.21. The molecule has 0 heterocycles. The molecule has 0 atom stereocenters. The van der Waals surface area contributed by atoms with Gasteiger partial charge in [0.1, 0.15) is 0 Å². The summed E-state index contributed by atoms with van der Waals surface area (Å²) in [5.74, 6) is 0. The molecule has 0 spiro atoms. The fourth-order valence-corrected chi connectivity index (χ4v) is 1.47. The minimum Gasteiger partial charge on any atom is -0.396 e. The predicted molar refractivity (Wildman–Crippen MR) is 56.4 cm³/mol. The van der Waals surface area contributed by atoms with Gasteiger partial charge >= 0.3 is 6.18 Å². The summed E-state index contributed by atoms with van der Waals surface area (Å²) >= 11 is 0. The second-order valence-electron chi connectivity index (χ2n) is 3.45. The molecule has 0 aliphatic carbocycles. The van der Waals surface area contributed by atoms with E-state index in [1.165, 1.54) is 6.07 Å². The molecule has 0 aliphatic rings. The van der Waals surface area contributed by atoms with E-state index in [4.69, 9.17) is 5.11 Å². The highest BCUT2D eigenvalue weighted by Gasteiger charge is 2.30. The Labute approximate surface area is 92.1 Å². The van der Waals surface area contributed by atoms with E-state index in [-0.39, 0.29) is 6.61 Å². The summed E-state index contributed by atoms with van der Waals surface area (Å²) in [4.78, 5) is 0. The summed E-state index contributed by atoms with van der Waals surface area (Å²) in [5, 5.41) is 11.4. The Morgan fingerprint density at radius 1 is 1.31 bits per heavy atom. The molecule has 0 bridgehead atoms. The molecule has 5 heteroatoms. The molecule has 0 saturated heterocycles. The van der Waals surface area contributed by atoms with E-state index in [2.05, 4.69) is 5.32 Å². The van der Waals surface area contributed by atoms with Crippen molar-refractivity contribution in [2.45, 2.75) is 19.0 Å². The molecular weight excluding hydrogens is 219 g/mol. The van der Waals surface area contributed by atoms with Crippen molar-refractivity contribution in [2.75, 3.05) is 19.0 Å². The summed E-state index contributed by atoms with van der Waals surface area (Å²) in [6.45, 7) is 0.0319. The summed E-state index contributed by atoms with van der Waals surface area (Å²) < 4.78 is 37.3. The number of aliphatic hydroxyl groups is 1. The van der Waals surface area contributed by atoms with Crippen LogP contribution in [0.5, 0.6) is 0 Å². The number of alkyl halides is 3. The molecule has 2 nitrogen and oxygen atoms in total. The Hall–Kier alpha value is -1.23. The van der Waals surface area contributed by atoms with Crippen LogP contribution >= 0.6 is 0 Å². The van der Waals surface area contributed by atoms with Gasteiger partial charge in [-0.25, -0.2) is 0 Å². The smallest absolute Gasteiger partial charge is 0.396 e. The van der Waals surface area contributed by atoms with Gasteiger partial charge in [-0.3, -0.25) is 0 Å². The molecule has 0 unspecified atom stereocenters. The van der Waals surface area contributed by atoms with Gasteiger partial charge in [-0.1, -0.05) is 6.07 Å². The van der Waals surface area contributed by atoms with Gasteiger partial charge in [0.05, 0.1) is 5.56 Å². The van der Waals surface area contributed by atoms with Gasteiger partial charge in [0.25, 0.3) is 0 Å². The van der Waals surface area contributed by atoms with Crippen molar-refractivity contribution in [3.63, 3.8) is 0 Å². The van der Waals surface area contributed by atoms with E-state index >= 15 is 0 Å². The standard InChI is InChI=1S/C11H14F3NO/c1-15-10-7-9(11(12,13)14)5-4-8(10)3-2-6-16/h4-5,7,15-16H,2-3,6H2,1H3. The van der Waals surface area contributed by atoms with Crippen molar-refractivity contribution in [2.24, 2.45) is 0 Å². The molecule has 90 valence electrons. The Morgan fingerprint density at radius 2 is 2.00 bits per heavy atom. The lowest BCUT2D eigenvalue weighted by molar-refractivity contribution is -0.137. The van der Waals surface area contributed by atoms with E-state index in [1.807, 2.05) is 0 Å². The predicted octanol–water partition coefficient (Wildman–Crippen LogP) is 2.67. The summed E-state index contributed by atoms with van der Waals surface area (Å²) in [6, 6.07) is 3.60. The SMILES string of the molecule is CNc1cc(C(F)(F)F)ccc1CCCO. The first-order valence-corrected chi connectivity index (χ1v) is 4.97. The zero-order valence-electron chi connectivity index (χ0n) is 8.93. The molecule has 0 aliphatic heterocycles. The van der Waals surface area contributed by atoms with Crippen LogP contribution in [0.15, 0.2) is 18.2 Å². The lowest BCUT2D eigenvalue weighted by atomic mass is 10.0. The lowest BCUT2D eigenvalue weighted by Gasteiger charge is -2.12. The number of hydrogen-bond donors (Lipinski definition) is 2. The number of nitrogens with one attached hydrogen (secondary N) is 1. The Balaban J connectivity index is 2.97. The van der Waals surface area contributed by atoms with E-state index in [0.29, 0.717) is 18.5 Å². The highest BCUT2D eigenvalue weighted by atomic mass is 19.4. The highest BCUT2D eigenvalue weighted by Crippen LogP contribution is 2.32. The van der Waals surface area contributed by atoms with Crippen molar-refractivity contribution in [3.05, 3.63) is 29.3 Å². The average Bonchev–Trinajstić information content (AvgIpc) is 2.24. The van der Waals surface area contributed by atoms with Crippen molar-refractivity contribution >= 4 is 5.69 Å². The first kappa shape index (κ1) is 12.8. The molecule has 0 saturated carbocycles. The average molecular weight is 233 g/mol. The van der Waals surface area contributed by atoms with Crippen LogP contribution in [-0.4, -0.2) is 18.8 Å². The van der Waals surface area contributed by atoms with Crippen LogP contribution in [0, 0.1) is 0 Å². The minimum absolute atomic E-state index is 0.0319. The molecule has 2 N–H and O–H groups in total. The first-order valence-electron chi connectivity index (χ1n) is 4.97. The van der Waals surface area contributed by atoms with Crippen LogP contribution in [0.1, 0.15) is 17.5 Å². The van der Waals surface area contributed by atoms with Crippen LogP contribution in [0.4, 0.5) is 18.9 Å². The monoisotopic (exact) mass is 233 g/mol. The zero-order chi connectivity index (χ0) is 12.2. The zero-order valence-corrected chi connectivity index (χ0v) is 8.93. The van der Waals surface area contributed by atoms with Crippen molar-refractivity contribution in [1.82, 2.24) is 0 Å². The number of halogens is 3. The third kappa shape index (κ3) is 3.13. The van der Waals surface area contributed by atoms with Gasteiger partial charge in [-0.2, -0.15) is 13.2 Å². The largest absolute Gasteiger partial charge is 0.416 e. The van der Waals surface area contributed by atoms with Crippen LogP contribution in [-0.2, 0) is 12.6 Å². The molecule has 0 aromatic heterocycles. The van der Waals surface area contributed by atoms with Crippen LogP contribution in [0.2, 0.25) is 0 Å². The van der Waals surface area contributed by atoms with Crippen LogP contribution in [0.25, 0.3) is 0 Å². The highest BCUT2D eigenvalue weighted by molar-refractivity contribution is 5.53. The van der Waals surface area contributed by atoms with Crippen molar-refractivity contribution < 1.29 is 18.3 Å².